The lowest BCUT2D eigenvalue weighted by Crippen LogP contribution is -2.47. The van der Waals surface area contributed by atoms with Gasteiger partial charge in [0, 0.05) is 13.1 Å². The van der Waals surface area contributed by atoms with Crippen LogP contribution in [-0.4, -0.2) is 52.8 Å². The van der Waals surface area contributed by atoms with Crippen molar-refractivity contribution >= 4 is 17.8 Å². The number of amides is 4. The van der Waals surface area contributed by atoms with Gasteiger partial charge in [0.1, 0.15) is 12.1 Å². The molecule has 0 aromatic rings. The van der Waals surface area contributed by atoms with E-state index in [2.05, 4.69) is 12.2 Å². The molecule has 2 heterocycles. The number of hydrogen-bond donors (Lipinski definition) is 1. The quantitative estimate of drug-likeness (QED) is 0.775. The zero-order valence-corrected chi connectivity index (χ0v) is 12.6. The van der Waals surface area contributed by atoms with Gasteiger partial charge in [-0.05, 0) is 31.6 Å². The third-order valence-corrected chi connectivity index (χ3v) is 5.01. The van der Waals surface area contributed by atoms with Crippen molar-refractivity contribution in [3.05, 3.63) is 0 Å². The van der Waals surface area contributed by atoms with Gasteiger partial charge in [0.05, 0.1) is 0 Å². The number of rotatable bonds is 2. The van der Waals surface area contributed by atoms with Gasteiger partial charge in [0.2, 0.25) is 5.91 Å². The Bertz CT molecular complexity index is 471. The van der Waals surface area contributed by atoms with Crippen LogP contribution in [0.1, 0.15) is 45.4 Å². The molecule has 1 atom stereocenters. The molecule has 2 saturated heterocycles. The van der Waals surface area contributed by atoms with Crippen LogP contribution in [0.25, 0.3) is 0 Å². The molecular weight excluding hydrogens is 270 g/mol. The molecule has 3 aliphatic rings. The highest BCUT2D eigenvalue weighted by Gasteiger charge is 2.52. The van der Waals surface area contributed by atoms with Gasteiger partial charge in [-0.2, -0.15) is 0 Å². The molecule has 6 heteroatoms. The predicted octanol–water partition coefficient (Wildman–Crippen LogP) is 1.11. The molecule has 0 bridgehead atoms. The van der Waals surface area contributed by atoms with Gasteiger partial charge >= 0.3 is 6.03 Å². The molecule has 1 unspecified atom stereocenters. The highest BCUT2D eigenvalue weighted by atomic mass is 16.2. The van der Waals surface area contributed by atoms with E-state index in [0.717, 1.165) is 43.7 Å². The van der Waals surface area contributed by atoms with Crippen LogP contribution < -0.4 is 5.32 Å². The first-order chi connectivity index (χ1) is 10.0. The lowest BCUT2D eigenvalue weighted by molar-refractivity contribution is -0.139. The van der Waals surface area contributed by atoms with Crippen molar-refractivity contribution in [2.75, 3.05) is 19.6 Å². The average molecular weight is 293 g/mol. The smallest absolute Gasteiger partial charge is 0.325 e. The lowest BCUT2D eigenvalue weighted by atomic mass is 9.98. The number of carbonyl (C=O) groups excluding carboxylic acids is 3. The van der Waals surface area contributed by atoms with Crippen molar-refractivity contribution in [1.82, 2.24) is 15.1 Å². The number of imide groups is 1. The number of nitrogens with zero attached hydrogens (tertiary/aromatic N) is 2. The minimum Gasteiger partial charge on any atom is -0.341 e. The fourth-order valence-corrected chi connectivity index (χ4v) is 3.79. The second-order valence-electron chi connectivity index (χ2n) is 6.70. The summed E-state index contributed by atoms with van der Waals surface area (Å²) in [5, 5.41) is 2.81. The Hall–Kier alpha value is -1.59. The molecule has 2 aliphatic heterocycles. The van der Waals surface area contributed by atoms with Crippen LogP contribution in [0.2, 0.25) is 0 Å². The normalized spacial score (nSPS) is 28.3. The number of nitrogens with one attached hydrogen (secondary N) is 1. The van der Waals surface area contributed by atoms with E-state index in [4.69, 9.17) is 0 Å². The van der Waals surface area contributed by atoms with Crippen molar-refractivity contribution < 1.29 is 14.4 Å². The molecule has 1 aliphatic carbocycles. The molecule has 6 nitrogen and oxygen atoms in total. The van der Waals surface area contributed by atoms with Crippen LogP contribution in [0.3, 0.4) is 0 Å². The van der Waals surface area contributed by atoms with Crippen LogP contribution >= 0.6 is 0 Å². The summed E-state index contributed by atoms with van der Waals surface area (Å²) in [7, 11) is 0. The maximum absolute atomic E-state index is 12.5. The first-order valence-electron chi connectivity index (χ1n) is 7.94. The molecule has 1 spiro atoms. The van der Waals surface area contributed by atoms with E-state index in [0.29, 0.717) is 18.8 Å². The molecule has 4 amide bonds. The highest BCUT2D eigenvalue weighted by molar-refractivity contribution is 6.09. The van der Waals surface area contributed by atoms with Gasteiger partial charge < -0.3 is 10.2 Å². The van der Waals surface area contributed by atoms with Crippen LogP contribution in [0, 0.1) is 5.92 Å². The monoisotopic (exact) mass is 293 g/mol. The number of hydrogen-bond acceptors (Lipinski definition) is 3. The van der Waals surface area contributed by atoms with Gasteiger partial charge in [-0.1, -0.05) is 19.8 Å². The Morgan fingerprint density at radius 3 is 2.67 bits per heavy atom. The third-order valence-electron chi connectivity index (χ3n) is 5.01. The lowest BCUT2D eigenvalue weighted by Gasteiger charge is -2.31. The van der Waals surface area contributed by atoms with Crippen molar-refractivity contribution in [3.8, 4) is 0 Å². The largest absolute Gasteiger partial charge is 0.341 e. The van der Waals surface area contributed by atoms with Crippen molar-refractivity contribution in [2.24, 2.45) is 5.92 Å². The summed E-state index contributed by atoms with van der Waals surface area (Å²) in [5.74, 6) is 0.176. The Morgan fingerprint density at radius 2 is 2.00 bits per heavy atom. The summed E-state index contributed by atoms with van der Waals surface area (Å²) in [6.07, 6.45) is 5.44. The third kappa shape index (κ3) is 2.51. The van der Waals surface area contributed by atoms with Crippen molar-refractivity contribution in [2.45, 2.75) is 51.0 Å². The predicted molar refractivity (Wildman–Crippen MR) is 76.4 cm³/mol. The van der Waals surface area contributed by atoms with Crippen LogP contribution in [0.4, 0.5) is 4.79 Å². The van der Waals surface area contributed by atoms with E-state index < -0.39 is 11.6 Å². The summed E-state index contributed by atoms with van der Waals surface area (Å²) < 4.78 is 0. The fraction of sp³-hybridized carbons (Fsp3) is 0.800. The first kappa shape index (κ1) is 14.4. The molecule has 1 saturated carbocycles. The minimum absolute atomic E-state index is 0.111. The summed E-state index contributed by atoms with van der Waals surface area (Å²) in [4.78, 5) is 39.8. The van der Waals surface area contributed by atoms with Crippen molar-refractivity contribution in [1.29, 1.82) is 0 Å². The molecule has 0 radical (unpaired) electrons. The number of carbonyl (C=O) groups is 3. The number of likely N-dealkylation sites (tertiary alicyclic amines) is 1. The van der Waals surface area contributed by atoms with E-state index in [1.165, 1.54) is 0 Å². The summed E-state index contributed by atoms with van der Waals surface area (Å²) in [6.45, 7) is 3.48. The van der Waals surface area contributed by atoms with Gasteiger partial charge in [-0.25, -0.2) is 4.79 Å². The molecule has 3 rings (SSSR count). The molecule has 1 N–H and O–H groups in total. The highest BCUT2D eigenvalue weighted by Crippen LogP contribution is 2.35. The summed E-state index contributed by atoms with van der Waals surface area (Å²) >= 11 is 0. The zero-order valence-electron chi connectivity index (χ0n) is 12.6. The fourth-order valence-electron chi connectivity index (χ4n) is 3.79. The topological polar surface area (TPSA) is 69.7 Å². The second kappa shape index (κ2) is 5.31. The Morgan fingerprint density at radius 1 is 1.29 bits per heavy atom. The van der Waals surface area contributed by atoms with E-state index >= 15 is 0 Å². The van der Waals surface area contributed by atoms with Crippen LogP contribution in [-0.2, 0) is 9.59 Å². The second-order valence-corrected chi connectivity index (χ2v) is 6.70. The Labute approximate surface area is 124 Å². The number of urea groups is 1. The van der Waals surface area contributed by atoms with Gasteiger partial charge in [0.15, 0.2) is 0 Å². The molecule has 3 fully saturated rings. The summed E-state index contributed by atoms with van der Waals surface area (Å²) in [5.41, 5.74) is -0.716. The SMILES string of the molecule is CC1CCCN(C(=O)CN2C(=O)NC3(CCCC3)C2=O)C1. The molecule has 0 aromatic carbocycles. The molecule has 21 heavy (non-hydrogen) atoms. The Kier molecular flexibility index (Phi) is 3.63. The Balaban J connectivity index is 1.65. The van der Waals surface area contributed by atoms with E-state index in [1.54, 1.807) is 4.90 Å². The maximum Gasteiger partial charge on any atom is 0.325 e. The molecule has 0 aromatic heterocycles. The van der Waals surface area contributed by atoms with Gasteiger partial charge in [0.25, 0.3) is 5.91 Å². The van der Waals surface area contributed by atoms with Crippen molar-refractivity contribution in [3.63, 3.8) is 0 Å². The van der Waals surface area contributed by atoms with E-state index in [1.807, 2.05) is 0 Å². The summed E-state index contributed by atoms with van der Waals surface area (Å²) in [6, 6.07) is -0.402. The van der Waals surface area contributed by atoms with Crippen LogP contribution in [0.5, 0.6) is 0 Å². The minimum atomic E-state index is -0.716. The maximum atomic E-state index is 12.5. The molecule has 116 valence electrons. The first-order valence-corrected chi connectivity index (χ1v) is 7.94. The van der Waals surface area contributed by atoms with Gasteiger partial charge in [-0.15, -0.1) is 0 Å². The van der Waals surface area contributed by atoms with Gasteiger partial charge in [-0.3, -0.25) is 14.5 Å². The zero-order chi connectivity index (χ0) is 15.0. The van der Waals surface area contributed by atoms with Crippen LogP contribution in [0.15, 0.2) is 0 Å². The number of piperidine rings is 1. The van der Waals surface area contributed by atoms with E-state index in [-0.39, 0.29) is 18.4 Å². The molecular formula is C15H23N3O3. The average Bonchev–Trinajstić information content (AvgIpc) is 3.00. The standard InChI is InChI=1S/C15H23N3O3/c1-11-5-4-8-17(9-11)12(19)10-18-13(20)15(16-14(18)21)6-2-3-7-15/h11H,2-10H2,1H3,(H,16,21). The van der Waals surface area contributed by atoms with E-state index in [9.17, 15) is 14.4 Å².